The van der Waals surface area contributed by atoms with Crippen LogP contribution in [0, 0.1) is 19.2 Å². The maximum absolute atomic E-state index is 9.93. The van der Waals surface area contributed by atoms with E-state index in [1.54, 1.807) is 6.20 Å². The minimum atomic E-state index is -2.35. The molecule has 6 aromatic rings. The Balaban J connectivity index is 1.76. The summed E-state index contributed by atoms with van der Waals surface area (Å²) in [6.07, 6.45) is 4.83. The second-order valence-corrected chi connectivity index (χ2v) is 11.5. The van der Waals surface area contributed by atoms with Crippen LogP contribution in [-0.4, -0.2) is 0 Å². The SMILES string of the molecule is [2H]C([2H])([2H])c1c[n+](C)c2c3c(C)cccc3c3cc4oc5ccccc5c4cc3c2c1C1([2H])CCC(C)(C)CC1. The first kappa shape index (κ1) is 17.9. The fourth-order valence-electron chi connectivity index (χ4n) is 6.57. The van der Waals surface area contributed by atoms with Gasteiger partial charge in [-0.1, -0.05) is 50.2 Å². The normalized spacial score (nSPS) is 19.6. The summed E-state index contributed by atoms with van der Waals surface area (Å²) in [4.78, 5) is 0. The molecule has 2 heteroatoms. The Bertz CT molecular complexity index is 2000. The summed E-state index contributed by atoms with van der Waals surface area (Å²) in [5, 5.41) is 7.16. The molecule has 0 aliphatic heterocycles. The molecule has 1 saturated carbocycles. The number of hydrogen-bond donors (Lipinski definition) is 0. The number of aryl methyl sites for hydroxylation is 3. The van der Waals surface area contributed by atoms with Crippen molar-refractivity contribution in [3.8, 4) is 0 Å². The summed E-state index contributed by atoms with van der Waals surface area (Å²) < 4.78 is 44.1. The molecule has 0 N–H and O–H groups in total. The van der Waals surface area contributed by atoms with Crippen LogP contribution in [0.1, 0.15) is 67.6 Å². The highest BCUT2D eigenvalue weighted by Crippen LogP contribution is 2.48. The first-order chi connectivity index (χ1) is 18.9. The summed E-state index contributed by atoms with van der Waals surface area (Å²) in [5.74, 6) is -0.998. The van der Waals surface area contributed by atoms with E-state index in [4.69, 9.17) is 8.53 Å². The zero-order valence-electron chi connectivity index (χ0n) is 25.5. The number of benzene rings is 4. The number of hydrogen-bond acceptors (Lipinski definition) is 1. The standard InChI is InChI=1S/C34H34NO/c1-20-9-8-11-24-25-18-29-26(23-10-6-7-12-28(23)36-29)17-27(25)32-30(22-13-15-34(3,4)16-14-22)21(2)19-35(5)33(32)31(20)24/h6-12,17-19,22H,13-16H2,1-5H3/q+1/i2D3,22D. The highest BCUT2D eigenvalue weighted by molar-refractivity contribution is 6.28. The number of nitrogens with zero attached hydrogens (tertiary/aromatic N) is 1. The van der Waals surface area contributed by atoms with Crippen LogP contribution >= 0.6 is 0 Å². The molecule has 0 spiro atoms. The predicted molar refractivity (Wildman–Crippen MR) is 152 cm³/mol. The number of aromatic nitrogens is 1. The third-order valence-electron chi connectivity index (χ3n) is 8.58. The number of rotatable bonds is 1. The van der Waals surface area contributed by atoms with Crippen molar-refractivity contribution in [2.24, 2.45) is 12.5 Å². The van der Waals surface area contributed by atoms with Crippen LogP contribution < -0.4 is 4.57 Å². The third-order valence-corrected chi connectivity index (χ3v) is 8.58. The maximum atomic E-state index is 9.93. The molecule has 1 aliphatic rings. The van der Waals surface area contributed by atoms with Gasteiger partial charge in [0.05, 0.1) is 10.8 Å². The molecule has 2 nitrogen and oxygen atoms in total. The summed E-state index contributed by atoms with van der Waals surface area (Å²) in [5.41, 5.74) is 4.88. The van der Waals surface area contributed by atoms with Crippen molar-refractivity contribution in [3.63, 3.8) is 0 Å². The van der Waals surface area contributed by atoms with E-state index in [-0.39, 0.29) is 5.41 Å². The maximum Gasteiger partial charge on any atom is 0.221 e. The smallest absolute Gasteiger partial charge is 0.221 e. The average Bonchev–Trinajstić information content (AvgIpc) is 3.26. The van der Waals surface area contributed by atoms with Gasteiger partial charge in [0.15, 0.2) is 6.20 Å². The van der Waals surface area contributed by atoms with E-state index < -0.39 is 12.7 Å². The van der Waals surface area contributed by atoms with Gasteiger partial charge < -0.3 is 4.42 Å². The van der Waals surface area contributed by atoms with Crippen LogP contribution in [0.3, 0.4) is 0 Å². The summed E-state index contributed by atoms with van der Waals surface area (Å²) >= 11 is 0. The first-order valence-electron chi connectivity index (χ1n) is 15.0. The van der Waals surface area contributed by atoms with Gasteiger partial charge in [0.2, 0.25) is 5.52 Å². The predicted octanol–water partition coefficient (Wildman–Crippen LogP) is 9.17. The number of fused-ring (bicyclic) bond motifs is 9. The molecule has 0 unspecified atom stereocenters. The topological polar surface area (TPSA) is 17.0 Å². The van der Waals surface area contributed by atoms with Gasteiger partial charge in [-0.25, -0.2) is 4.57 Å². The molecular formula is C34H34NO+. The van der Waals surface area contributed by atoms with Crippen molar-refractivity contribution in [2.75, 3.05) is 0 Å². The minimum Gasteiger partial charge on any atom is -0.456 e. The van der Waals surface area contributed by atoms with Gasteiger partial charge in [-0.3, -0.25) is 0 Å². The van der Waals surface area contributed by atoms with Crippen molar-refractivity contribution in [3.05, 3.63) is 77.5 Å². The van der Waals surface area contributed by atoms with Crippen LogP contribution in [-0.2, 0) is 7.05 Å². The van der Waals surface area contributed by atoms with Crippen molar-refractivity contribution in [1.29, 1.82) is 0 Å². The van der Waals surface area contributed by atoms with E-state index in [2.05, 4.69) is 57.2 Å². The molecule has 0 atom stereocenters. The second-order valence-electron chi connectivity index (χ2n) is 11.5. The second kappa shape index (κ2) is 7.56. The lowest BCUT2D eigenvalue weighted by Crippen LogP contribution is -2.31. The molecule has 0 bridgehead atoms. The van der Waals surface area contributed by atoms with E-state index in [0.29, 0.717) is 24.0 Å². The molecule has 2 heterocycles. The molecule has 0 amide bonds. The van der Waals surface area contributed by atoms with Crippen LogP contribution in [0.4, 0.5) is 0 Å². The monoisotopic (exact) mass is 476 g/mol. The van der Waals surface area contributed by atoms with Gasteiger partial charge in [-0.05, 0) is 96.3 Å². The number of pyridine rings is 1. The molecule has 0 saturated heterocycles. The van der Waals surface area contributed by atoms with Crippen molar-refractivity contribution in [1.82, 2.24) is 0 Å². The molecular weight excluding hydrogens is 438 g/mol. The Labute approximate surface area is 218 Å². The Morgan fingerprint density at radius 2 is 1.64 bits per heavy atom. The molecule has 0 radical (unpaired) electrons. The fraction of sp³-hybridized carbons (Fsp3) is 0.324. The molecule has 1 aliphatic carbocycles. The lowest BCUT2D eigenvalue weighted by Gasteiger charge is -2.35. The van der Waals surface area contributed by atoms with Crippen LogP contribution in [0.5, 0.6) is 0 Å². The lowest BCUT2D eigenvalue weighted by molar-refractivity contribution is -0.644. The first-order valence-corrected chi connectivity index (χ1v) is 13.0. The zero-order valence-corrected chi connectivity index (χ0v) is 21.5. The molecule has 2 aromatic heterocycles. The average molecular weight is 477 g/mol. The van der Waals surface area contributed by atoms with Crippen LogP contribution in [0.2, 0.25) is 0 Å². The zero-order chi connectivity index (χ0) is 28.2. The van der Waals surface area contributed by atoms with Crippen LogP contribution in [0.15, 0.2) is 65.2 Å². The quantitative estimate of drug-likeness (QED) is 0.171. The van der Waals surface area contributed by atoms with Gasteiger partial charge >= 0.3 is 0 Å². The Kier molecular flexibility index (Phi) is 3.77. The number of furan rings is 1. The third kappa shape index (κ3) is 3.06. The van der Waals surface area contributed by atoms with Crippen molar-refractivity contribution in [2.45, 2.75) is 59.2 Å². The van der Waals surface area contributed by atoms with Gasteiger partial charge in [0.1, 0.15) is 18.2 Å². The lowest BCUT2D eigenvalue weighted by atomic mass is 9.70. The van der Waals surface area contributed by atoms with E-state index in [0.717, 1.165) is 72.8 Å². The van der Waals surface area contributed by atoms with Gasteiger partial charge in [-0.2, -0.15) is 0 Å². The summed E-state index contributed by atoms with van der Waals surface area (Å²) in [6.45, 7) is 4.28. The van der Waals surface area contributed by atoms with E-state index >= 15 is 0 Å². The van der Waals surface area contributed by atoms with Crippen molar-refractivity contribution >= 4 is 54.4 Å². The van der Waals surface area contributed by atoms with Crippen molar-refractivity contribution < 1.29 is 14.5 Å². The van der Waals surface area contributed by atoms with Gasteiger partial charge in [0.25, 0.3) is 0 Å². The summed E-state index contributed by atoms with van der Waals surface area (Å²) in [7, 11) is 1.95. The summed E-state index contributed by atoms with van der Waals surface area (Å²) in [6, 6.07) is 18.7. The van der Waals surface area contributed by atoms with Crippen LogP contribution in [0.25, 0.3) is 54.4 Å². The van der Waals surface area contributed by atoms with E-state index in [1.165, 1.54) is 0 Å². The van der Waals surface area contributed by atoms with E-state index in [1.807, 2.05) is 29.8 Å². The van der Waals surface area contributed by atoms with E-state index in [9.17, 15) is 1.37 Å². The molecule has 7 rings (SSSR count). The fourth-order valence-corrected chi connectivity index (χ4v) is 6.57. The minimum absolute atomic E-state index is 0.146. The highest BCUT2D eigenvalue weighted by Gasteiger charge is 2.32. The number of para-hydroxylation sites is 1. The Hall–Kier alpha value is -3.39. The largest absolute Gasteiger partial charge is 0.456 e. The molecule has 180 valence electrons. The highest BCUT2D eigenvalue weighted by atomic mass is 16.3. The molecule has 36 heavy (non-hydrogen) atoms. The Morgan fingerprint density at radius 1 is 0.861 bits per heavy atom. The Morgan fingerprint density at radius 3 is 2.44 bits per heavy atom. The molecule has 1 fully saturated rings. The van der Waals surface area contributed by atoms with Gasteiger partial charge in [0, 0.05) is 21.8 Å². The molecule has 4 aromatic carbocycles. The van der Waals surface area contributed by atoms with Gasteiger partial charge in [-0.15, -0.1) is 0 Å².